The average Bonchev–Trinajstić information content (AvgIpc) is 2.83. The van der Waals surface area contributed by atoms with Gasteiger partial charge in [-0.05, 0) is 12.5 Å². The van der Waals surface area contributed by atoms with Crippen LogP contribution >= 0.6 is 0 Å². The summed E-state index contributed by atoms with van der Waals surface area (Å²) in [5.41, 5.74) is 0.206. The van der Waals surface area contributed by atoms with Crippen LogP contribution in [-0.2, 0) is 5.72 Å². The number of hydrogen-bond donors (Lipinski definition) is 1. The molecule has 4 rings (SSSR count). The van der Waals surface area contributed by atoms with Gasteiger partial charge in [-0.25, -0.2) is 0 Å². The molecule has 1 fully saturated rings. The van der Waals surface area contributed by atoms with Crippen LogP contribution in [0.5, 0.6) is 0 Å². The molecule has 0 unspecified atom stereocenters. The topological polar surface area (TPSA) is 43.8 Å². The maximum Gasteiger partial charge on any atom is 0.257 e. The van der Waals surface area contributed by atoms with Crippen molar-refractivity contribution in [2.24, 2.45) is 0 Å². The molecule has 18 heavy (non-hydrogen) atoms. The maximum atomic E-state index is 12.3. The number of rotatable bonds is 0. The third kappa shape index (κ3) is 1.01. The lowest BCUT2D eigenvalue weighted by Crippen LogP contribution is -2.46. The number of carbonyl (C=O) groups is 1. The Morgan fingerprint density at radius 1 is 1.33 bits per heavy atom. The highest BCUT2D eigenvalue weighted by Crippen LogP contribution is 2.46. The van der Waals surface area contributed by atoms with Crippen LogP contribution in [0.2, 0.25) is 0 Å². The first-order valence-electron chi connectivity index (χ1n) is 6.27. The molecule has 3 aliphatic heterocycles. The van der Waals surface area contributed by atoms with Crippen molar-refractivity contribution < 1.29 is 9.90 Å². The van der Waals surface area contributed by atoms with Gasteiger partial charge in [-0.1, -0.05) is 30.4 Å². The van der Waals surface area contributed by atoms with Crippen LogP contribution in [0.4, 0.5) is 0 Å². The van der Waals surface area contributed by atoms with Crippen molar-refractivity contribution in [3.05, 3.63) is 47.5 Å². The van der Waals surface area contributed by atoms with E-state index in [1.54, 1.807) is 11.0 Å². The minimum Gasteiger partial charge on any atom is -0.365 e. The van der Waals surface area contributed by atoms with Crippen LogP contribution in [0.15, 0.2) is 36.4 Å². The van der Waals surface area contributed by atoms with E-state index in [1.165, 1.54) is 0 Å². The first kappa shape index (κ1) is 10.3. The van der Waals surface area contributed by atoms with E-state index in [0.29, 0.717) is 12.2 Å². The summed E-state index contributed by atoms with van der Waals surface area (Å²) in [6.45, 7) is 1.41. The van der Waals surface area contributed by atoms with Crippen molar-refractivity contribution in [1.82, 2.24) is 9.80 Å². The number of fused-ring (bicyclic) bond motifs is 5. The monoisotopic (exact) mass is 242 g/mol. The van der Waals surface area contributed by atoms with Crippen molar-refractivity contribution in [3.63, 3.8) is 0 Å². The molecular weight excluding hydrogens is 228 g/mol. The zero-order valence-electron chi connectivity index (χ0n) is 9.91. The van der Waals surface area contributed by atoms with Gasteiger partial charge in [0.25, 0.3) is 5.91 Å². The van der Waals surface area contributed by atoms with Gasteiger partial charge in [-0.3, -0.25) is 14.6 Å². The summed E-state index contributed by atoms with van der Waals surface area (Å²) < 4.78 is 0. The van der Waals surface area contributed by atoms with Crippen molar-refractivity contribution in [2.45, 2.75) is 18.2 Å². The Bertz CT molecular complexity index is 569. The molecular formula is C14H14N2O2. The largest absolute Gasteiger partial charge is 0.365 e. The molecule has 1 saturated heterocycles. The van der Waals surface area contributed by atoms with Crippen molar-refractivity contribution in [3.8, 4) is 0 Å². The van der Waals surface area contributed by atoms with Crippen LogP contribution in [0.1, 0.15) is 22.3 Å². The maximum absolute atomic E-state index is 12.3. The Balaban J connectivity index is 1.94. The Morgan fingerprint density at radius 2 is 2.17 bits per heavy atom. The van der Waals surface area contributed by atoms with Crippen molar-refractivity contribution >= 4 is 5.91 Å². The molecule has 92 valence electrons. The van der Waals surface area contributed by atoms with E-state index in [9.17, 15) is 9.90 Å². The summed E-state index contributed by atoms with van der Waals surface area (Å²) in [4.78, 5) is 16.1. The van der Waals surface area contributed by atoms with Gasteiger partial charge in [0.2, 0.25) is 0 Å². The third-order valence-electron chi connectivity index (χ3n) is 4.24. The number of nitrogens with zero attached hydrogens (tertiary/aromatic N) is 2. The molecule has 3 heterocycles. The first-order chi connectivity index (χ1) is 8.73. The molecule has 0 spiro atoms. The quantitative estimate of drug-likeness (QED) is 0.687. The van der Waals surface area contributed by atoms with Crippen LogP contribution in [0.25, 0.3) is 0 Å². The number of aliphatic hydroxyl groups is 1. The van der Waals surface area contributed by atoms with Gasteiger partial charge in [0.05, 0.1) is 12.7 Å². The van der Waals surface area contributed by atoms with Crippen LogP contribution in [0, 0.1) is 0 Å². The van der Waals surface area contributed by atoms with Crippen LogP contribution in [0.3, 0.4) is 0 Å². The molecule has 2 atom stereocenters. The SMILES string of the molecule is O=C1c2ccccc2[C@]2(O)[C@@H]3C=CCCN3CN12. The number of amides is 1. The fourth-order valence-corrected chi connectivity index (χ4v) is 3.38. The third-order valence-corrected chi connectivity index (χ3v) is 4.24. The predicted molar refractivity (Wildman–Crippen MR) is 65.6 cm³/mol. The Labute approximate surface area is 105 Å². The lowest BCUT2D eigenvalue weighted by atomic mass is 9.93. The van der Waals surface area contributed by atoms with Gasteiger partial charge in [0, 0.05) is 17.7 Å². The lowest BCUT2D eigenvalue weighted by molar-refractivity contribution is -0.0649. The summed E-state index contributed by atoms with van der Waals surface area (Å²) in [6, 6.07) is 7.27. The van der Waals surface area contributed by atoms with Crippen molar-refractivity contribution in [1.29, 1.82) is 0 Å². The van der Waals surface area contributed by atoms with E-state index >= 15 is 0 Å². The second-order valence-corrected chi connectivity index (χ2v) is 5.12. The Kier molecular flexibility index (Phi) is 1.84. The zero-order chi connectivity index (χ0) is 12.3. The predicted octanol–water partition coefficient (Wildman–Crippen LogP) is 0.889. The number of hydrogen-bond acceptors (Lipinski definition) is 3. The van der Waals surface area contributed by atoms with E-state index in [1.807, 2.05) is 24.3 Å². The van der Waals surface area contributed by atoms with E-state index in [4.69, 9.17) is 0 Å². The minimum atomic E-state index is -1.18. The van der Waals surface area contributed by atoms with Gasteiger partial charge in [0.15, 0.2) is 5.72 Å². The molecule has 0 radical (unpaired) electrons. The molecule has 1 aromatic carbocycles. The minimum absolute atomic E-state index is 0.0594. The van der Waals surface area contributed by atoms with E-state index in [2.05, 4.69) is 11.0 Å². The first-order valence-corrected chi connectivity index (χ1v) is 6.27. The summed E-state index contributed by atoms with van der Waals surface area (Å²) in [7, 11) is 0. The highest BCUT2D eigenvalue weighted by molar-refractivity contribution is 6.00. The molecule has 0 aromatic heterocycles. The normalized spacial score (nSPS) is 33.5. The van der Waals surface area contributed by atoms with Gasteiger partial charge >= 0.3 is 0 Å². The zero-order valence-corrected chi connectivity index (χ0v) is 9.91. The van der Waals surface area contributed by atoms with Gasteiger partial charge < -0.3 is 5.11 Å². The summed E-state index contributed by atoms with van der Waals surface area (Å²) in [5, 5.41) is 11.1. The molecule has 0 bridgehead atoms. The van der Waals surface area contributed by atoms with Crippen molar-refractivity contribution in [2.75, 3.05) is 13.2 Å². The van der Waals surface area contributed by atoms with Crippen LogP contribution < -0.4 is 0 Å². The van der Waals surface area contributed by atoms with E-state index < -0.39 is 5.72 Å². The number of benzene rings is 1. The fourth-order valence-electron chi connectivity index (χ4n) is 3.38. The Hall–Kier alpha value is -1.65. The summed E-state index contributed by atoms with van der Waals surface area (Å²) in [5.74, 6) is -0.0594. The smallest absolute Gasteiger partial charge is 0.257 e. The molecule has 1 amide bonds. The average molecular weight is 242 g/mol. The Morgan fingerprint density at radius 3 is 3.06 bits per heavy atom. The van der Waals surface area contributed by atoms with E-state index in [-0.39, 0.29) is 11.9 Å². The number of carbonyl (C=O) groups excluding carboxylic acids is 1. The molecule has 0 saturated carbocycles. The fraction of sp³-hybridized carbons (Fsp3) is 0.357. The molecule has 0 aliphatic carbocycles. The summed E-state index contributed by atoms with van der Waals surface area (Å²) in [6.07, 6.45) is 5.10. The molecule has 4 nitrogen and oxygen atoms in total. The standard InChI is InChI=1S/C14H14N2O2/c17-13-10-5-1-2-6-11(10)14(18)12-7-3-4-8-15(12)9-16(13)14/h1-3,5-7,12,18H,4,8-9H2/t12-,14-/m0/s1. The second-order valence-electron chi connectivity index (χ2n) is 5.12. The van der Waals surface area contributed by atoms with Gasteiger partial charge in [0.1, 0.15) is 0 Å². The summed E-state index contributed by atoms with van der Waals surface area (Å²) >= 11 is 0. The van der Waals surface area contributed by atoms with Gasteiger partial charge in [-0.2, -0.15) is 0 Å². The molecule has 1 aromatic rings. The van der Waals surface area contributed by atoms with Crippen LogP contribution in [-0.4, -0.2) is 40.1 Å². The van der Waals surface area contributed by atoms with Gasteiger partial charge in [-0.15, -0.1) is 0 Å². The lowest BCUT2D eigenvalue weighted by Gasteiger charge is -2.32. The highest BCUT2D eigenvalue weighted by atomic mass is 16.3. The second kappa shape index (κ2) is 3.22. The molecule has 1 N–H and O–H groups in total. The highest BCUT2D eigenvalue weighted by Gasteiger charge is 2.59. The molecule has 4 heteroatoms. The van der Waals surface area contributed by atoms with E-state index in [0.717, 1.165) is 18.5 Å². The molecule has 3 aliphatic rings.